The van der Waals surface area contributed by atoms with Crippen LogP contribution in [-0.2, 0) is 11.2 Å². The third-order valence-electron chi connectivity index (χ3n) is 4.49. The molecule has 0 aliphatic carbocycles. The van der Waals surface area contributed by atoms with Crippen molar-refractivity contribution in [1.29, 1.82) is 0 Å². The number of pyridine rings is 1. The van der Waals surface area contributed by atoms with Crippen LogP contribution in [-0.4, -0.2) is 42.3 Å². The number of likely N-dealkylation sites (tertiary alicyclic amines) is 1. The fraction of sp³-hybridized carbons (Fsp3) is 0.278. The minimum Gasteiger partial charge on any atom is -0.340 e. The number of carbonyl (C=O) groups is 1. The van der Waals surface area contributed by atoms with E-state index in [0.717, 1.165) is 42.0 Å². The Morgan fingerprint density at radius 3 is 2.85 bits per heavy atom. The monoisotopic (exact) mass is 368 g/mol. The van der Waals surface area contributed by atoms with Gasteiger partial charge in [0.2, 0.25) is 11.2 Å². The van der Waals surface area contributed by atoms with Gasteiger partial charge in [0.05, 0.1) is 24.4 Å². The van der Waals surface area contributed by atoms with Crippen molar-refractivity contribution in [2.24, 2.45) is 0 Å². The Morgan fingerprint density at radius 2 is 2.08 bits per heavy atom. The van der Waals surface area contributed by atoms with Gasteiger partial charge in [-0.25, -0.2) is 15.0 Å². The Hall–Kier alpha value is -2.80. The van der Waals surface area contributed by atoms with Gasteiger partial charge in [-0.3, -0.25) is 9.78 Å². The molecule has 1 saturated heterocycles. The first-order valence-corrected chi connectivity index (χ1v) is 8.79. The van der Waals surface area contributed by atoms with E-state index in [-0.39, 0.29) is 17.2 Å². The van der Waals surface area contributed by atoms with Gasteiger partial charge in [-0.15, -0.1) is 0 Å². The predicted molar refractivity (Wildman–Crippen MR) is 96.3 cm³/mol. The minimum absolute atomic E-state index is 0.0406. The van der Waals surface area contributed by atoms with E-state index in [9.17, 15) is 4.79 Å². The quantitative estimate of drug-likeness (QED) is 0.715. The van der Waals surface area contributed by atoms with Crippen LogP contribution in [0.5, 0.6) is 0 Å². The zero-order valence-corrected chi connectivity index (χ0v) is 14.7. The largest absolute Gasteiger partial charge is 0.340 e. The van der Waals surface area contributed by atoms with Crippen LogP contribution in [0.2, 0.25) is 5.28 Å². The zero-order chi connectivity index (χ0) is 17.9. The number of nitrogens with zero attached hydrogens (tertiary/aromatic N) is 5. The molecule has 0 aromatic carbocycles. The molecule has 0 radical (unpaired) electrons. The number of hydrogen-bond donors (Lipinski definition) is 1. The number of aromatic nitrogens is 5. The Balaban J connectivity index is 1.51. The summed E-state index contributed by atoms with van der Waals surface area (Å²) in [5, 5.41) is 0.205. The standard InChI is InChI=1S/C18H17ClN6O/c19-18-22-9-13(10-23-18)14-11-21-17(24-14)15-4-2-6-25(15)16(26)7-12-3-1-5-20-8-12/h1,3,5,8-11,15H,2,4,6-7H2,(H,21,24)/t15-/m0/s1. The first-order chi connectivity index (χ1) is 12.7. The van der Waals surface area contributed by atoms with E-state index < -0.39 is 0 Å². The van der Waals surface area contributed by atoms with Crippen LogP contribution >= 0.6 is 11.6 Å². The lowest BCUT2D eigenvalue weighted by Crippen LogP contribution is -2.32. The first kappa shape index (κ1) is 16.7. The van der Waals surface area contributed by atoms with Crippen molar-refractivity contribution in [3.63, 3.8) is 0 Å². The highest BCUT2D eigenvalue weighted by molar-refractivity contribution is 6.28. The van der Waals surface area contributed by atoms with E-state index in [1.165, 1.54) is 0 Å². The van der Waals surface area contributed by atoms with E-state index >= 15 is 0 Å². The second kappa shape index (κ2) is 7.21. The number of aromatic amines is 1. The molecule has 26 heavy (non-hydrogen) atoms. The fourth-order valence-electron chi connectivity index (χ4n) is 3.23. The summed E-state index contributed by atoms with van der Waals surface area (Å²) in [6.45, 7) is 0.740. The van der Waals surface area contributed by atoms with Gasteiger partial charge in [-0.1, -0.05) is 6.07 Å². The van der Waals surface area contributed by atoms with Gasteiger partial charge in [-0.2, -0.15) is 0 Å². The van der Waals surface area contributed by atoms with Crippen LogP contribution in [0.4, 0.5) is 0 Å². The molecular weight excluding hydrogens is 352 g/mol. The maximum Gasteiger partial charge on any atom is 0.227 e. The molecule has 4 heterocycles. The van der Waals surface area contributed by atoms with Gasteiger partial charge in [0.15, 0.2) is 0 Å². The number of hydrogen-bond acceptors (Lipinski definition) is 5. The maximum absolute atomic E-state index is 12.7. The van der Waals surface area contributed by atoms with Crippen LogP contribution in [0, 0.1) is 0 Å². The molecule has 4 rings (SSSR count). The molecule has 132 valence electrons. The molecule has 0 bridgehead atoms. The number of amides is 1. The van der Waals surface area contributed by atoms with E-state index in [2.05, 4.69) is 24.9 Å². The van der Waals surface area contributed by atoms with Crippen LogP contribution in [0.1, 0.15) is 30.3 Å². The first-order valence-electron chi connectivity index (χ1n) is 8.42. The molecule has 0 spiro atoms. The van der Waals surface area contributed by atoms with Crippen LogP contribution in [0.25, 0.3) is 11.3 Å². The lowest BCUT2D eigenvalue weighted by atomic mass is 10.1. The lowest BCUT2D eigenvalue weighted by Gasteiger charge is -2.23. The summed E-state index contributed by atoms with van der Waals surface area (Å²) in [6, 6.07) is 3.72. The SMILES string of the molecule is O=C(Cc1cccnc1)N1CCC[C@H]1c1ncc(-c2cnc(Cl)nc2)[nH]1. The minimum atomic E-state index is -0.0406. The molecule has 1 N–H and O–H groups in total. The summed E-state index contributed by atoms with van der Waals surface area (Å²) < 4.78 is 0. The number of imidazole rings is 1. The van der Waals surface area contributed by atoms with Crippen molar-refractivity contribution < 1.29 is 4.79 Å². The number of rotatable bonds is 4. The molecule has 3 aromatic heterocycles. The van der Waals surface area contributed by atoms with Crippen molar-refractivity contribution in [2.75, 3.05) is 6.54 Å². The molecule has 8 heteroatoms. The lowest BCUT2D eigenvalue weighted by molar-refractivity contribution is -0.131. The van der Waals surface area contributed by atoms with Crippen molar-refractivity contribution in [2.45, 2.75) is 25.3 Å². The summed E-state index contributed by atoms with van der Waals surface area (Å²) in [4.78, 5) is 34.5. The van der Waals surface area contributed by atoms with Crippen molar-refractivity contribution in [3.05, 3.63) is 59.8 Å². The summed E-state index contributed by atoms with van der Waals surface area (Å²) >= 11 is 5.73. The van der Waals surface area contributed by atoms with E-state index in [4.69, 9.17) is 11.6 Å². The topological polar surface area (TPSA) is 87.7 Å². The Labute approximate surface area is 155 Å². The molecule has 7 nitrogen and oxygen atoms in total. The molecular formula is C18H17ClN6O. The van der Waals surface area contributed by atoms with E-state index in [1.807, 2.05) is 17.0 Å². The van der Waals surface area contributed by atoms with Crippen molar-refractivity contribution >= 4 is 17.5 Å². The summed E-state index contributed by atoms with van der Waals surface area (Å²) in [7, 11) is 0. The summed E-state index contributed by atoms with van der Waals surface area (Å²) in [5.74, 6) is 0.875. The Kier molecular flexibility index (Phi) is 4.62. The van der Waals surface area contributed by atoms with E-state index in [0.29, 0.717) is 6.42 Å². The highest BCUT2D eigenvalue weighted by atomic mass is 35.5. The van der Waals surface area contributed by atoms with Gasteiger partial charge in [0.1, 0.15) is 5.82 Å². The second-order valence-electron chi connectivity index (χ2n) is 6.21. The van der Waals surface area contributed by atoms with Gasteiger partial charge < -0.3 is 9.88 Å². The van der Waals surface area contributed by atoms with Crippen LogP contribution < -0.4 is 0 Å². The second-order valence-corrected chi connectivity index (χ2v) is 6.54. The fourth-order valence-corrected chi connectivity index (χ4v) is 3.33. The third-order valence-corrected chi connectivity index (χ3v) is 4.69. The molecule has 1 aliphatic rings. The van der Waals surface area contributed by atoms with Crippen molar-refractivity contribution in [1.82, 2.24) is 29.8 Å². The highest BCUT2D eigenvalue weighted by Crippen LogP contribution is 2.31. The van der Waals surface area contributed by atoms with Crippen LogP contribution in [0.15, 0.2) is 43.1 Å². The molecule has 1 amide bonds. The number of nitrogens with one attached hydrogen (secondary N) is 1. The highest BCUT2D eigenvalue weighted by Gasteiger charge is 2.31. The van der Waals surface area contributed by atoms with Gasteiger partial charge in [0.25, 0.3) is 0 Å². The van der Waals surface area contributed by atoms with E-state index in [1.54, 1.807) is 31.0 Å². The average molecular weight is 369 g/mol. The molecule has 3 aromatic rings. The molecule has 1 fully saturated rings. The third kappa shape index (κ3) is 3.43. The smallest absolute Gasteiger partial charge is 0.227 e. The Morgan fingerprint density at radius 1 is 1.23 bits per heavy atom. The molecule has 0 saturated carbocycles. The predicted octanol–water partition coefficient (Wildman–Crippen LogP) is 2.82. The average Bonchev–Trinajstić information content (AvgIpc) is 3.32. The van der Waals surface area contributed by atoms with Gasteiger partial charge in [-0.05, 0) is 36.1 Å². The summed E-state index contributed by atoms with van der Waals surface area (Å²) in [5.41, 5.74) is 2.53. The molecule has 1 aliphatic heterocycles. The molecule has 1 atom stereocenters. The maximum atomic E-state index is 12.7. The van der Waals surface area contributed by atoms with Gasteiger partial charge in [0, 0.05) is 36.9 Å². The normalized spacial score (nSPS) is 16.8. The summed E-state index contributed by atoms with van der Waals surface area (Å²) in [6.07, 6.45) is 10.7. The number of halogens is 1. The molecule has 0 unspecified atom stereocenters. The van der Waals surface area contributed by atoms with Gasteiger partial charge >= 0.3 is 0 Å². The number of carbonyl (C=O) groups excluding carboxylic acids is 1. The number of H-pyrrole nitrogens is 1. The van der Waals surface area contributed by atoms with Crippen LogP contribution in [0.3, 0.4) is 0 Å². The van der Waals surface area contributed by atoms with Crippen molar-refractivity contribution in [3.8, 4) is 11.3 Å². The zero-order valence-electron chi connectivity index (χ0n) is 14.0. The Bertz CT molecular complexity index is 896.